The van der Waals surface area contributed by atoms with Gasteiger partial charge in [0, 0.05) is 85.6 Å². The van der Waals surface area contributed by atoms with Crippen LogP contribution in [0.3, 0.4) is 0 Å². The Hall–Kier alpha value is -4.42. The number of rotatable bonds is 5. The Labute approximate surface area is 371 Å². The van der Waals surface area contributed by atoms with Crippen molar-refractivity contribution in [2.45, 2.75) is 19.3 Å². The number of anilines is 1. The number of benzene rings is 2. The van der Waals surface area contributed by atoms with Crippen molar-refractivity contribution in [3.63, 3.8) is 0 Å². The average Bonchev–Trinajstić information content (AvgIpc) is 3.67. The summed E-state index contributed by atoms with van der Waals surface area (Å²) in [7, 11) is 3.30. The van der Waals surface area contributed by atoms with Crippen molar-refractivity contribution < 1.29 is 9.47 Å². The first-order valence-corrected chi connectivity index (χ1v) is 20.1. The summed E-state index contributed by atoms with van der Waals surface area (Å²) in [6.45, 7) is 6.24. The van der Waals surface area contributed by atoms with E-state index in [2.05, 4.69) is 103 Å². The molecule has 4 aromatic heterocycles. The van der Waals surface area contributed by atoms with E-state index in [1.807, 2.05) is 12.1 Å². The first kappa shape index (κ1) is 47.3. The number of halogens is 4. The third-order valence-electron chi connectivity index (χ3n) is 9.24. The predicted molar refractivity (Wildman–Crippen MR) is 240 cm³/mol. The van der Waals surface area contributed by atoms with E-state index in [4.69, 9.17) is 26.1 Å². The summed E-state index contributed by atoms with van der Waals surface area (Å²) in [6.07, 6.45) is 6.07. The number of hydrogen-bond donors (Lipinski definition) is 1. The molecule has 2 aliphatic rings. The second-order valence-corrected chi connectivity index (χ2v) is 15.3. The van der Waals surface area contributed by atoms with Crippen LogP contribution in [0.15, 0.2) is 116 Å². The van der Waals surface area contributed by atoms with Crippen LogP contribution in [0.4, 0.5) is 5.95 Å². The largest absolute Gasteiger partial charge is 0.379 e. The lowest BCUT2D eigenvalue weighted by Gasteiger charge is -2.26. The molecule has 312 valence electrons. The molecule has 6 heterocycles. The van der Waals surface area contributed by atoms with Crippen LogP contribution >= 0.6 is 55.9 Å². The van der Waals surface area contributed by atoms with Crippen molar-refractivity contribution in [2.75, 3.05) is 57.5 Å². The van der Waals surface area contributed by atoms with E-state index < -0.39 is 0 Å². The minimum Gasteiger partial charge on any atom is -0.379 e. The van der Waals surface area contributed by atoms with Gasteiger partial charge in [0.15, 0.2) is 0 Å². The Balaban J connectivity index is 0.000000210. The van der Waals surface area contributed by atoms with E-state index in [1.54, 1.807) is 43.2 Å². The maximum Gasteiger partial charge on any atom is 0.255 e. The fourth-order valence-corrected chi connectivity index (χ4v) is 6.75. The van der Waals surface area contributed by atoms with Gasteiger partial charge in [-0.2, -0.15) is 0 Å². The van der Waals surface area contributed by atoms with E-state index in [1.165, 1.54) is 40.5 Å². The van der Waals surface area contributed by atoms with Crippen LogP contribution in [-0.2, 0) is 23.6 Å². The second-order valence-electron chi connectivity index (χ2n) is 13.1. The maximum absolute atomic E-state index is 12.6. The minimum atomic E-state index is -0.219. The van der Waals surface area contributed by atoms with Crippen molar-refractivity contribution in [1.29, 1.82) is 0 Å². The second kappa shape index (κ2) is 23.4. The van der Waals surface area contributed by atoms with Gasteiger partial charge in [-0.3, -0.25) is 18.7 Å². The average molecular weight is 974 g/mol. The Morgan fingerprint density at radius 1 is 0.712 bits per heavy atom. The van der Waals surface area contributed by atoms with Crippen LogP contribution < -0.4 is 21.3 Å². The molecule has 0 unspecified atom stereocenters. The van der Waals surface area contributed by atoms with Crippen LogP contribution in [0.2, 0.25) is 5.28 Å². The van der Waals surface area contributed by atoms with Gasteiger partial charge in [0.1, 0.15) is 12.7 Å². The van der Waals surface area contributed by atoms with E-state index in [-0.39, 0.29) is 42.2 Å². The third kappa shape index (κ3) is 13.3. The topological polar surface area (TPSA) is 155 Å². The molecule has 8 rings (SSSR count). The van der Waals surface area contributed by atoms with Crippen LogP contribution in [0.5, 0.6) is 0 Å². The van der Waals surface area contributed by atoms with Crippen molar-refractivity contribution in [3.8, 4) is 22.8 Å². The van der Waals surface area contributed by atoms with Crippen molar-refractivity contribution in [3.05, 3.63) is 144 Å². The van der Waals surface area contributed by atoms with Crippen LogP contribution in [0.25, 0.3) is 22.8 Å². The molecule has 14 nitrogen and oxygen atoms in total. The summed E-state index contributed by atoms with van der Waals surface area (Å²) in [4.78, 5) is 50.8. The van der Waals surface area contributed by atoms with Gasteiger partial charge >= 0.3 is 0 Å². The maximum atomic E-state index is 12.6. The highest BCUT2D eigenvalue weighted by Gasteiger charge is 2.24. The smallest absolute Gasteiger partial charge is 0.255 e. The normalized spacial score (nSPS) is 16.3. The Morgan fingerprint density at radius 2 is 1.24 bits per heavy atom. The molecule has 2 atom stereocenters. The quantitative estimate of drug-likeness (QED) is 0.183. The van der Waals surface area contributed by atoms with Gasteiger partial charge in [0.2, 0.25) is 11.2 Å². The summed E-state index contributed by atoms with van der Waals surface area (Å²) in [5.41, 5.74) is 4.41. The molecule has 59 heavy (non-hydrogen) atoms. The first-order chi connectivity index (χ1) is 27.7. The molecule has 2 aliphatic heterocycles. The van der Waals surface area contributed by atoms with Gasteiger partial charge in [0.05, 0.1) is 49.2 Å². The van der Waals surface area contributed by atoms with Gasteiger partial charge in [-0.1, -0.05) is 63.6 Å². The molecule has 18 heteroatoms. The lowest BCUT2D eigenvalue weighted by Crippen LogP contribution is -2.35. The molecule has 0 aliphatic carbocycles. The molecular weight excluding hydrogens is 927 g/mol. The van der Waals surface area contributed by atoms with Crippen molar-refractivity contribution in [2.24, 2.45) is 14.1 Å². The first-order valence-electron chi connectivity index (χ1n) is 18.1. The van der Waals surface area contributed by atoms with Gasteiger partial charge in [-0.15, -0.1) is 12.4 Å². The van der Waals surface area contributed by atoms with Crippen LogP contribution in [0.1, 0.15) is 30.4 Å². The zero-order valence-corrected chi connectivity index (χ0v) is 36.5. The van der Waals surface area contributed by atoms with Crippen LogP contribution in [-0.4, -0.2) is 91.6 Å². The van der Waals surface area contributed by atoms with E-state index >= 15 is 0 Å². The van der Waals surface area contributed by atoms with Gasteiger partial charge in [0.25, 0.3) is 11.1 Å². The monoisotopic (exact) mass is 970 g/mol. The number of nitrogens with zero attached hydrogens (tertiary/aromatic N) is 9. The molecule has 1 N–H and O–H groups in total. The molecule has 0 saturated carbocycles. The molecule has 2 saturated heterocycles. The zero-order chi connectivity index (χ0) is 40.1. The Morgan fingerprint density at radius 3 is 1.80 bits per heavy atom. The Kier molecular flexibility index (Phi) is 18.7. The number of aromatic nitrogens is 8. The molecule has 6 aromatic rings. The Bertz CT molecular complexity index is 2320. The summed E-state index contributed by atoms with van der Waals surface area (Å²) < 4.78 is 16.4. The molecule has 0 spiro atoms. The highest BCUT2D eigenvalue weighted by molar-refractivity contribution is 9.10. The van der Waals surface area contributed by atoms with Crippen molar-refractivity contribution >= 4 is 61.8 Å². The van der Waals surface area contributed by atoms with E-state index in [0.717, 1.165) is 41.8 Å². The minimum absolute atomic E-state index is 0. The molecule has 0 bridgehead atoms. The molecule has 0 radical (unpaired) electrons. The summed E-state index contributed by atoms with van der Waals surface area (Å²) in [5.74, 6) is 1.30. The van der Waals surface area contributed by atoms with E-state index in [0.29, 0.717) is 54.4 Å². The standard InChI is InChI=1S/C20H20BrN5O2.C11H14BrNO.C9H7ClN4O.CH4.ClH/c1-25-19(27)10-18(17-6-7-22-13-23-17)24-20(25)26-8-9-28-12-15(11-26)14-2-4-16(21)5-3-14;12-11-3-1-9(2-4-11)10-7-13-5-6-14-8-10;1-14-8(15)4-7(13-9(14)10)6-2-3-11-5-12-6;;/h2-7,10,13,15H,8-9,11-12H2,1H3;1-4,10,13H,5-8H2;2-5H,1H3;1H4;1H/t15-;10-;;;/m00.../s1. The lowest BCUT2D eigenvalue weighted by atomic mass is 10.00. The highest BCUT2D eigenvalue weighted by Crippen LogP contribution is 2.25. The van der Waals surface area contributed by atoms with Gasteiger partial charge < -0.3 is 19.7 Å². The SMILES string of the molecule is Brc1ccc([C@H]2CNCCOC2)cc1.C.Cl.Cn1c(Cl)nc(-c2ccncn2)cc1=O.Cn1c(N2CCOC[C@@H](c3ccc(Br)cc3)C2)nc(-c2ccncn2)cc1=O. The molecule has 0 amide bonds. The zero-order valence-electron chi connectivity index (χ0n) is 31.7. The summed E-state index contributed by atoms with van der Waals surface area (Å²) in [6, 6.07) is 23.1. The third-order valence-corrected chi connectivity index (χ3v) is 10.6. The van der Waals surface area contributed by atoms with E-state index in [9.17, 15) is 9.59 Å². The van der Waals surface area contributed by atoms with Gasteiger partial charge in [-0.25, -0.2) is 29.9 Å². The fourth-order valence-electron chi connectivity index (χ4n) is 6.05. The molecule has 2 fully saturated rings. The molecular formula is C41H46Br2Cl2N10O4. The number of hydrogen-bond acceptors (Lipinski definition) is 12. The lowest BCUT2D eigenvalue weighted by molar-refractivity contribution is 0.141. The fraction of sp³-hybridized carbons (Fsp3) is 0.317. The van der Waals surface area contributed by atoms with Crippen LogP contribution in [0, 0.1) is 0 Å². The van der Waals surface area contributed by atoms with Crippen molar-refractivity contribution in [1.82, 2.24) is 44.4 Å². The molecule has 2 aromatic carbocycles. The highest BCUT2D eigenvalue weighted by atomic mass is 79.9. The number of nitrogens with one attached hydrogen (secondary N) is 1. The van der Waals surface area contributed by atoms with Gasteiger partial charge in [-0.05, 0) is 59.1 Å². The number of ether oxygens (including phenoxy) is 2. The predicted octanol–water partition coefficient (Wildman–Crippen LogP) is 6.72. The summed E-state index contributed by atoms with van der Waals surface area (Å²) in [5, 5.41) is 3.51. The summed E-state index contributed by atoms with van der Waals surface area (Å²) >= 11 is 12.7.